The molecular formula is C17H24N6O2. The summed E-state index contributed by atoms with van der Waals surface area (Å²) >= 11 is 0. The van der Waals surface area contributed by atoms with Gasteiger partial charge in [-0.15, -0.1) is 0 Å². The second kappa shape index (κ2) is 7.08. The van der Waals surface area contributed by atoms with Crippen LogP contribution >= 0.6 is 0 Å². The first kappa shape index (κ1) is 17.2. The minimum Gasteiger partial charge on any atom is -0.481 e. The fourth-order valence-electron chi connectivity index (χ4n) is 3.13. The summed E-state index contributed by atoms with van der Waals surface area (Å²) in [6.07, 6.45) is 1.68. The first-order valence-corrected chi connectivity index (χ1v) is 8.43. The summed E-state index contributed by atoms with van der Waals surface area (Å²) in [5, 5.41) is 4.43. The van der Waals surface area contributed by atoms with Crippen LogP contribution in [0.1, 0.15) is 24.4 Å². The summed E-state index contributed by atoms with van der Waals surface area (Å²) < 4.78 is 6.95. The zero-order chi connectivity index (χ0) is 18.0. The molecule has 134 valence electrons. The Bertz CT molecular complexity index is 751. The van der Waals surface area contributed by atoms with Crippen molar-refractivity contribution in [2.75, 3.05) is 38.2 Å². The van der Waals surface area contributed by atoms with Crippen LogP contribution in [0.15, 0.2) is 18.3 Å². The van der Waals surface area contributed by atoms with Crippen LogP contribution in [-0.2, 0) is 4.79 Å². The largest absolute Gasteiger partial charge is 0.481 e. The molecule has 0 spiro atoms. The van der Waals surface area contributed by atoms with E-state index in [0.29, 0.717) is 38.0 Å². The van der Waals surface area contributed by atoms with Crippen molar-refractivity contribution in [1.82, 2.24) is 24.6 Å². The molecule has 0 aliphatic carbocycles. The van der Waals surface area contributed by atoms with Gasteiger partial charge in [0.25, 0.3) is 0 Å². The van der Waals surface area contributed by atoms with E-state index >= 15 is 0 Å². The number of aromatic nitrogens is 4. The highest BCUT2D eigenvalue weighted by atomic mass is 16.5. The Morgan fingerprint density at radius 2 is 1.96 bits per heavy atom. The van der Waals surface area contributed by atoms with Gasteiger partial charge in [0.15, 0.2) is 0 Å². The number of amides is 1. The molecule has 1 amide bonds. The number of carbonyl (C=O) groups is 1. The van der Waals surface area contributed by atoms with Gasteiger partial charge < -0.3 is 14.5 Å². The Hall–Kier alpha value is -2.64. The van der Waals surface area contributed by atoms with Gasteiger partial charge in [-0.2, -0.15) is 10.1 Å². The molecule has 2 aromatic rings. The van der Waals surface area contributed by atoms with Crippen molar-refractivity contribution in [3.05, 3.63) is 29.7 Å². The van der Waals surface area contributed by atoms with Crippen LogP contribution in [0.25, 0.3) is 0 Å². The first-order valence-electron chi connectivity index (χ1n) is 8.43. The maximum absolute atomic E-state index is 12.8. The predicted octanol–water partition coefficient (Wildman–Crippen LogP) is 1.21. The standard InChI is InChI=1S/C17H24N6O2/c1-12-11-13(2)23(20-12)14(3)16(24)21-7-9-22(10-8-21)17-18-6-5-15(19-17)25-4/h5-6,11,14H,7-10H2,1-4H3. The Morgan fingerprint density at radius 3 is 2.56 bits per heavy atom. The smallest absolute Gasteiger partial charge is 0.247 e. The van der Waals surface area contributed by atoms with Gasteiger partial charge >= 0.3 is 0 Å². The van der Waals surface area contributed by atoms with E-state index in [0.717, 1.165) is 11.4 Å². The van der Waals surface area contributed by atoms with E-state index in [1.54, 1.807) is 24.1 Å². The molecule has 1 fully saturated rings. The topological polar surface area (TPSA) is 76.4 Å². The lowest BCUT2D eigenvalue weighted by Gasteiger charge is -2.36. The van der Waals surface area contributed by atoms with Crippen LogP contribution in [0.2, 0.25) is 0 Å². The Kier molecular flexibility index (Phi) is 4.87. The number of aryl methyl sites for hydroxylation is 2. The van der Waals surface area contributed by atoms with Crippen molar-refractivity contribution < 1.29 is 9.53 Å². The third-order valence-corrected chi connectivity index (χ3v) is 4.47. The third kappa shape index (κ3) is 3.57. The van der Waals surface area contributed by atoms with E-state index in [-0.39, 0.29) is 11.9 Å². The third-order valence-electron chi connectivity index (χ3n) is 4.47. The zero-order valence-electron chi connectivity index (χ0n) is 15.1. The monoisotopic (exact) mass is 344 g/mol. The van der Waals surface area contributed by atoms with Crippen LogP contribution in [0, 0.1) is 13.8 Å². The lowest BCUT2D eigenvalue weighted by molar-refractivity contribution is -0.134. The molecule has 1 unspecified atom stereocenters. The van der Waals surface area contributed by atoms with Crippen LogP contribution in [0.3, 0.4) is 0 Å². The highest BCUT2D eigenvalue weighted by Crippen LogP contribution is 2.18. The molecular weight excluding hydrogens is 320 g/mol. The van der Waals surface area contributed by atoms with E-state index < -0.39 is 0 Å². The number of nitrogens with zero attached hydrogens (tertiary/aromatic N) is 6. The van der Waals surface area contributed by atoms with Crippen LogP contribution in [0.4, 0.5) is 5.95 Å². The molecule has 0 aromatic carbocycles. The van der Waals surface area contributed by atoms with Gasteiger partial charge in [0.05, 0.1) is 12.8 Å². The second-order valence-electron chi connectivity index (χ2n) is 6.26. The molecule has 1 aliphatic rings. The van der Waals surface area contributed by atoms with Crippen molar-refractivity contribution in [3.63, 3.8) is 0 Å². The normalized spacial score (nSPS) is 16.0. The molecule has 0 radical (unpaired) electrons. The molecule has 3 rings (SSSR count). The number of rotatable bonds is 4. The molecule has 25 heavy (non-hydrogen) atoms. The molecule has 1 saturated heterocycles. The van der Waals surface area contributed by atoms with Gasteiger partial charge in [-0.1, -0.05) is 0 Å². The van der Waals surface area contributed by atoms with Gasteiger partial charge in [-0.05, 0) is 26.8 Å². The zero-order valence-corrected chi connectivity index (χ0v) is 15.1. The van der Waals surface area contributed by atoms with E-state index in [9.17, 15) is 4.79 Å². The Morgan fingerprint density at radius 1 is 1.24 bits per heavy atom. The number of piperazine rings is 1. The average Bonchev–Trinajstić information content (AvgIpc) is 2.99. The summed E-state index contributed by atoms with van der Waals surface area (Å²) in [4.78, 5) is 25.4. The molecule has 3 heterocycles. The van der Waals surface area contributed by atoms with Crippen molar-refractivity contribution in [1.29, 1.82) is 0 Å². The molecule has 0 bridgehead atoms. The van der Waals surface area contributed by atoms with E-state index in [4.69, 9.17) is 4.74 Å². The van der Waals surface area contributed by atoms with Gasteiger partial charge in [-0.25, -0.2) is 4.98 Å². The Labute approximate surface area is 147 Å². The van der Waals surface area contributed by atoms with Crippen molar-refractivity contribution in [3.8, 4) is 5.88 Å². The number of methoxy groups -OCH3 is 1. The average molecular weight is 344 g/mol. The lowest BCUT2D eigenvalue weighted by Crippen LogP contribution is -2.50. The summed E-state index contributed by atoms with van der Waals surface area (Å²) in [6.45, 7) is 8.49. The maximum Gasteiger partial charge on any atom is 0.247 e. The van der Waals surface area contributed by atoms with E-state index in [1.165, 1.54) is 0 Å². The maximum atomic E-state index is 12.8. The quantitative estimate of drug-likeness (QED) is 0.830. The lowest BCUT2D eigenvalue weighted by atomic mass is 10.2. The van der Waals surface area contributed by atoms with Gasteiger partial charge in [-0.3, -0.25) is 9.48 Å². The SMILES string of the molecule is COc1ccnc(N2CCN(C(=O)C(C)n3nc(C)cc3C)CC2)n1. The van der Waals surface area contributed by atoms with Crippen LogP contribution < -0.4 is 9.64 Å². The van der Waals surface area contributed by atoms with Crippen molar-refractivity contribution >= 4 is 11.9 Å². The van der Waals surface area contributed by atoms with Gasteiger partial charge in [0.1, 0.15) is 6.04 Å². The number of carbonyl (C=O) groups excluding carboxylic acids is 1. The molecule has 0 saturated carbocycles. The number of hydrogen-bond donors (Lipinski definition) is 0. The Balaban J connectivity index is 1.63. The second-order valence-corrected chi connectivity index (χ2v) is 6.26. The van der Waals surface area contributed by atoms with Gasteiger partial charge in [0.2, 0.25) is 17.7 Å². The molecule has 8 nitrogen and oxygen atoms in total. The fraction of sp³-hybridized carbons (Fsp3) is 0.529. The fourth-order valence-corrected chi connectivity index (χ4v) is 3.13. The van der Waals surface area contributed by atoms with Crippen LogP contribution in [0.5, 0.6) is 5.88 Å². The van der Waals surface area contributed by atoms with E-state index in [2.05, 4.69) is 20.0 Å². The first-order chi connectivity index (χ1) is 12.0. The molecule has 1 atom stereocenters. The number of anilines is 1. The summed E-state index contributed by atoms with van der Waals surface area (Å²) in [6, 6.07) is 3.41. The minimum absolute atomic E-state index is 0.0948. The molecule has 2 aromatic heterocycles. The molecule has 0 N–H and O–H groups in total. The number of ether oxygens (including phenoxy) is 1. The molecule has 1 aliphatic heterocycles. The van der Waals surface area contributed by atoms with Crippen LogP contribution in [-0.4, -0.2) is 63.8 Å². The van der Waals surface area contributed by atoms with E-state index in [1.807, 2.05) is 31.7 Å². The van der Waals surface area contributed by atoms with Gasteiger partial charge in [0, 0.05) is 44.1 Å². The highest BCUT2D eigenvalue weighted by Gasteiger charge is 2.27. The summed E-state index contributed by atoms with van der Waals surface area (Å²) in [5.74, 6) is 1.28. The van der Waals surface area contributed by atoms with Crippen molar-refractivity contribution in [2.24, 2.45) is 0 Å². The number of hydrogen-bond acceptors (Lipinski definition) is 6. The predicted molar refractivity (Wildman–Crippen MR) is 93.8 cm³/mol. The highest BCUT2D eigenvalue weighted by molar-refractivity contribution is 5.80. The molecule has 8 heteroatoms. The summed E-state index contributed by atoms with van der Waals surface area (Å²) in [5.41, 5.74) is 1.93. The summed E-state index contributed by atoms with van der Waals surface area (Å²) in [7, 11) is 1.59. The van der Waals surface area contributed by atoms with Crippen molar-refractivity contribution in [2.45, 2.75) is 26.8 Å². The minimum atomic E-state index is -0.298.